The quantitative estimate of drug-likeness (QED) is 0.287. The van der Waals surface area contributed by atoms with Crippen molar-refractivity contribution < 1.29 is 0 Å². The highest BCUT2D eigenvalue weighted by Gasteiger charge is 2.30. The maximum Gasteiger partial charge on any atom is 0.146 e. The molecule has 3 heterocycles. The lowest BCUT2D eigenvalue weighted by Crippen LogP contribution is -1.95. The Morgan fingerprint density at radius 3 is 2.48 bits per heavy atom. The molecular formula is C28H17N3. The van der Waals surface area contributed by atoms with E-state index in [9.17, 15) is 0 Å². The average Bonchev–Trinajstić information content (AvgIpc) is 3.53. The summed E-state index contributed by atoms with van der Waals surface area (Å²) in [4.78, 5) is 9.42. The van der Waals surface area contributed by atoms with Gasteiger partial charge in [0, 0.05) is 29.4 Å². The molecule has 0 saturated carbocycles. The number of pyridine rings is 2. The van der Waals surface area contributed by atoms with Crippen molar-refractivity contribution in [1.29, 1.82) is 0 Å². The summed E-state index contributed by atoms with van der Waals surface area (Å²) in [6, 6.07) is 22.3. The second kappa shape index (κ2) is 5.38. The van der Waals surface area contributed by atoms with Crippen molar-refractivity contribution in [3.8, 4) is 22.3 Å². The normalized spacial score (nSPS) is 13.5. The number of rotatable bonds is 0. The maximum atomic E-state index is 4.77. The Balaban J connectivity index is 1.50. The Hall–Kier alpha value is -3.98. The summed E-state index contributed by atoms with van der Waals surface area (Å²) in [6.07, 6.45) is 7.75. The fraction of sp³-hybridized carbons (Fsp3) is 0.0714. The second-order valence-electron chi connectivity index (χ2n) is 8.65. The van der Waals surface area contributed by atoms with Gasteiger partial charge in [0.1, 0.15) is 11.3 Å². The summed E-state index contributed by atoms with van der Waals surface area (Å²) in [5.41, 5.74) is 13.3. The van der Waals surface area contributed by atoms with Gasteiger partial charge in [-0.05, 0) is 74.9 Å². The fourth-order valence-corrected chi connectivity index (χ4v) is 5.94. The van der Waals surface area contributed by atoms with Gasteiger partial charge in [-0.2, -0.15) is 0 Å². The van der Waals surface area contributed by atoms with E-state index in [4.69, 9.17) is 4.98 Å². The summed E-state index contributed by atoms with van der Waals surface area (Å²) >= 11 is 0. The van der Waals surface area contributed by atoms with Crippen LogP contribution in [-0.4, -0.2) is 14.4 Å². The summed E-state index contributed by atoms with van der Waals surface area (Å²) in [5, 5.41) is 3.69. The lowest BCUT2D eigenvalue weighted by molar-refractivity contribution is 1.19. The molecule has 3 aromatic carbocycles. The number of fused-ring (bicyclic) bond motifs is 14. The molecule has 0 spiro atoms. The molecule has 3 aromatic heterocycles. The smallest absolute Gasteiger partial charge is 0.146 e. The van der Waals surface area contributed by atoms with Crippen LogP contribution in [0.5, 0.6) is 0 Å². The third kappa shape index (κ3) is 1.85. The monoisotopic (exact) mass is 395 g/mol. The zero-order chi connectivity index (χ0) is 20.1. The van der Waals surface area contributed by atoms with E-state index in [1.54, 1.807) is 0 Å². The molecule has 0 saturated heterocycles. The Morgan fingerprint density at radius 2 is 1.48 bits per heavy atom. The highest BCUT2D eigenvalue weighted by molar-refractivity contribution is 6.14. The Morgan fingerprint density at radius 1 is 0.613 bits per heavy atom. The van der Waals surface area contributed by atoms with Crippen LogP contribution in [-0.2, 0) is 12.8 Å². The molecule has 0 unspecified atom stereocenters. The summed E-state index contributed by atoms with van der Waals surface area (Å²) < 4.78 is 2.14. The van der Waals surface area contributed by atoms with Gasteiger partial charge in [-0.25, -0.2) is 9.97 Å². The van der Waals surface area contributed by atoms with Gasteiger partial charge < -0.3 is 0 Å². The molecule has 3 heteroatoms. The average molecular weight is 395 g/mol. The van der Waals surface area contributed by atoms with Gasteiger partial charge in [0.2, 0.25) is 0 Å². The Kier molecular flexibility index (Phi) is 2.74. The number of aromatic nitrogens is 3. The van der Waals surface area contributed by atoms with Crippen molar-refractivity contribution in [2.24, 2.45) is 0 Å². The molecule has 31 heavy (non-hydrogen) atoms. The van der Waals surface area contributed by atoms with E-state index in [0.717, 1.165) is 24.1 Å². The van der Waals surface area contributed by atoms with Gasteiger partial charge in [-0.1, -0.05) is 48.5 Å². The Labute approximate surface area is 178 Å². The van der Waals surface area contributed by atoms with Crippen LogP contribution < -0.4 is 0 Å². The number of hydrogen-bond acceptors (Lipinski definition) is 2. The van der Waals surface area contributed by atoms with Crippen molar-refractivity contribution in [3.05, 3.63) is 102 Å². The molecule has 6 aromatic rings. The summed E-state index contributed by atoms with van der Waals surface area (Å²) in [5.74, 6) is 0. The van der Waals surface area contributed by atoms with Gasteiger partial charge >= 0.3 is 0 Å². The van der Waals surface area contributed by atoms with Crippen LogP contribution in [0.2, 0.25) is 0 Å². The number of imidazole rings is 1. The molecule has 3 nitrogen and oxygen atoms in total. The van der Waals surface area contributed by atoms with Crippen molar-refractivity contribution in [3.63, 3.8) is 0 Å². The SMILES string of the molecule is c1ccc2c(c1)Cc1c-2ccc2c1-c1ccc3c4cccnc4n4ccnc4c3c1C2. The molecule has 2 aliphatic carbocycles. The predicted molar refractivity (Wildman–Crippen MR) is 124 cm³/mol. The van der Waals surface area contributed by atoms with Gasteiger partial charge in [0.15, 0.2) is 0 Å². The number of benzene rings is 3. The minimum Gasteiger partial charge on any atom is -0.283 e. The van der Waals surface area contributed by atoms with Crippen LogP contribution in [0.25, 0.3) is 49.7 Å². The lowest BCUT2D eigenvalue weighted by atomic mass is 9.94. The first-order chi connectivity index (χ1) is 15.4. The highest BCUT2D eigenvalue weighted by atomic mass is 15.0. The second-order valence-corrected chi connectivity index (χ2v) is 8.65. The van der Waals surface area contributed by atoms with Crippen molar-refractivity contribution in [1.82, 2.24) is 14.4 Å². The largest absolute Gasteiger partial charge is 0.283 e. The molecule has 0 fully saturated rings. The van der Waals surface area contributed by atoms with Gasteiger partial charge in [0.25, 0.3) is 0 Å². The minimum atomic E-state index is 0.958. The highest BCUT2D eigenvalue weighted by Crippen LogP contribution is 2.49. The molecule has 0 atom stereocenters. The van der Waals surface area contributed by atoms with Crippen molar-refractivity contribution >= 4 is 27.5 Å². The van der Waals surface area contributed by atoms with Crippen LogP contribution in [0.4, 0.5) is 0 Å². The van der Waals surface area contributed by atoms with Crippen molar-refractivity contribution in [2.75, 3.05) is 0 Å². The summed E-state index contributed by atoms with van der Waals surface area (Å²) in [7, 11) is 0. The lowest BCUT2D eigenvalue weighted by Gasteiger charge is -2.12. The zero-order valence-electron chi connectivity index (χ0n) is 16.8. The van der Waals surface area contributed by atoms with Crippen molar-refractivity contribution in [2.45, 2.75) is 12.8 Å². The molecule has 144 valence electrons. The molecule has 0 N–H and O–H groups in total. The van der Waals surface area contributed by atoms with Gasteiger partial charge in [-0.15, -0.1) is 0 Å². The maximum absolute atomic E-state index is 4.77. The Bertz CT molecular complexity index is 1740. The van der Waals surface area contributed by atoms with Gasteiger partial charge in [-0.3, -0.25) is 4.40 Å². The first kappa shape index (κ1) is 15.8. The topological polar surface area (TPSA) is 30.2 Å². The zero-order valence-corrected chi connectivity index (χ0v) is 16.8. The van der Waals surface area contributed by atoms with Crippen LogP contribution in [0, 0.1) is 0 Å². The van der Waals surface area contributed by atoms with Crippen LogP contribution >= 0.6 is 0 Å². The van der Waals surface area contributed by atoms with E-state index in [-0.39, 0.29) is 0 Å². The first-order valence-electron chi connectivity index (χ1n) is 10.8. The minimum absolute atomic E-state index is 0.958. The van der Waals surface area contributed by atoms with Crippen LogP contribution in [0.1, 0.15) is 22.3 Å². The molecule has 0 amide bonds. The van der Waals surface area contributed by atoms with Crippen LogP contribution in [0.3, 0.4) is 0 Å². The molecule has 2 aliphatic rings. The van der Waals surface area contributed by atoms with Gasteiger partial charge in [0.05, 0.1) is 0 Å². The van der Waals surface area contributed by atoms with E-state index >= 15 is 0 Å². The van der Waals surface area contributed by atoms with E-state index in [0.29, 0.717) is 0 Å². The summed E-state index contributed by atoms with van der Waals surface area (Å²) in [6.45, 7) is 0. The molecule has 0 radical (unpaired) electrons. The fourth-order valence-electron chi connectivity index (χ4n) is 5.94. The molecule has 0 bridgehead atoms. The standard InChI is InChI=1S/C28H17N3/c1-2-5-18-16(4-1)14-23-19(18)8-7-17-15-24-21(25(17)23)10-9-20-22-6-3-11-29-27(22)31-13-12-30-28(31)26(20)24/h1-13H,14-15H2. The van der Waals surface area contributed by atoms with E-state index in [1.165, 1.54) is 60.7 Å². The third-order valence-corrected chi connectivity index (χ3v) is 7.19. The van der Waals surface area contributed by atoms with E-state index in [2.05, 4.69) is 64.0 Å². The molecule has 8 rings (SSSR count). The number of nitrogens with zero attached hydrogens (tertiary/aromatic N) is 3. The number of hydrogen-bond donors (Lipinski definition) is 0. The van der Waals surface area contributed by atoms with E-state index < -0.39 is 0 Å². The first-order valence-corrected chi connectivity index (χ1v) is 10.8. The molecule has 0 aliphatic heterocycles. The van der Waals surface area contributed by atoms with E-state index in [1.807, 2.05) is 24.7 Å². The third-order valence-electron chi connectivity index (χ3n) is 7.19. The predicted octanol–water partition coefficient (Wildman–Crippen LogP) is 6.18. The molecular weight excluding hydrogens is 378 g/mol. The van der Waals surface area contributed by atoms with Crippen LogP contribution in [0.15, 0.2) is 79.3 Å².